The summed E-state index contributed by atoms with van der Waals surface area (Å²) in [5, 5.41) is 0.101. The van der Waals surface area contributed by atoms with Crippen LogP contribution >= 0.6 is 11.6 Å². The summed E-state index contributed by atoms with van der Waals surface area (Å²) >= 11 is 5.61. The van der Waals surface area contributed by atoms with Crippen molar-refractivity contribution in [1.29, 1.82) is 0 Å². The number of aromatic nitrogens is 1. The van der Waals surface area contributed by atoms with E-state index in [-0.39, 0.29) is 22.8 Å². The first-order valence-electron chi connectivity index (χ1n) is 3.74. The zero-order valence-electron chi connectivity index (χ0n) is 7.31. The first kappa shape index (κ1) is 11.9. The lowest BCUT2D eigenvalue weighted by Gasteiger charge is -2.12. The van der Waals surface area contributed by atoms with Gasteiger partial charge in [0.1, 0.15) is 5.69 Å². The summed E-state index contributed by atoms with van der Waals surface area (Å²) < 4.78 is 39.2. The number of hydrogen-bond acceptors (Lipinski definition) is 4. The predicted octanol–water partition coefficient (Wildman–Crippen LogP) is 1.67. The predicted molar refractivity (Wildman–Crippen MR) is 48.2 cm³/mol. The highest BCUT2D eigenvalue weighted by Crippen LogP contribution is 2.31. The Morgan fingerprint density at radius 1 is 1.47 bits per heavy atom. The van der Waals surface area contributed by atoms with Gasteiger partial charge in [0.25, 0.3) is 0 Å². The van der Waals surface area contributed by atoms with Gasteiger partial charge in [0, 0.05) is 18.3 Å². The first-order valence-corrected chi connectivity index (χ1v) is 4.11. The molecule has 15 heavy (non-hydrogen) atoms. The molecule has 0 fully saturated rings. The van der Waals surface area contributed by atoms with E-state index in [4.69, 9.17) is 23.1 Å². The van der Waals surface area contributed by atoms with Gasteiger partial charge in [-0.3, -0.25) is 0 Å². The Bertz CT molecular complexity index is 369. The molecule has 1 heterocycles. The van der Waals surface area contributed by atoms with Crippen molar-refractivity contribution in [3.63, 3.8) is 0 Å². The maximum absolute atomic E-state index is 11.9. The summed E-state index contributed by atoms with van der Waals surface area (Å²) in [6.07, 6.45) is -3.85. The minimum atomic E-state index is -4.85. The zero-order valence-corrected chi connectivity index (χ0v) is 8.06. The van der Waals surface area contributed by atoms with Crippen LogP contribution in [-0.2, 0) is 6.54 Å². The van der Waals surface area contributed by atoms with Crippen molar-refractivity contribution in [3.05, 3.63) is 16.8 Å². The van der Waals surface area contributed by atoms with Crippen LogP contribution in [-0.4, -0.2) is 11.3 Å². The molecule has 0 unspecified atom stereocenters. The zero-order chi connectivity index (χ0) is 11.6. The summed E-state index contributed by atoms with van der Waals surface area (Å²) in [6.45, 7) is -0.0958. The van der Waals surface area contributed by atoms with Gasteiger partial charge in [-0.2, -0.15) is 0 Å². The second kappa shape index (κ2) is 4.11. The maximum Gasteiger partial charge on any atom is 0.574 e. The Morgan fingerprint density at radius 2 is 2.07 bits per heavy atom. The monoisotopic (exact) mass is 241 g/mol. The molecule has 1 aromatic rings. The second-order valence-electron chi connectivity index (χ2n) is 2.56. The standard InChI is InChI=1S/C7H7ClF3N3O/c8-4-2-14-6(15-7(9,10)11)5(13)3(4)1-12/h2H,1,12-13H2. The minimum Gasteiger partial charge on any atom is -0.394 e. The van der Waals surface area contributed by atoms with E-state index in [1.165, 1.54) is 0 Å². The van der Waals surface area contributed by atoms with E-state index in [0.29, 0.717) is 0 Å². The highest BCUT2D eigenvalue weighted by atomic mass is 35.5. The van der Waals surface area contributed by atoms with E-state index in [9.17, 15) is 13.2 Å². The van der Waals surface area contributed by atoms with E-state index in [2.05, 4.69) is 9.72 Å². The highest BCUT2D eigenvalue weighted by Gasteiger charge is 2.33. The first-order chi connectivity index (χ1) is 6.85. The number of alkyl halides is 3. The van der Waals surface area contributed by atoms with Crippen molar-refractivity contribution >= 4 is 17.3 Å². The van der Waals surface area contributed by atoms with Crippen LogP contribution in [0.15, 0.2) is 6.20 Å². The molecule has 0 spiro atoms. The van der Waals surface area contributed by atoms with E-state index in [1.54, 1.807) is 0 Å². The van der Waals surface area contributed by atoms with Crippen LogP contribution < -0.4 is 16.2 Å². The van der Waals surface area contributed by atoms with Crippen molar-refractivity contribution in [2.24, 2.45) is 5.73 Å². The molecule has 0 aliphatic carbocycles. The quantitative estimate of drug-likeness (QED) is 0.826. The highest BCUT2D eigenvalue weighted by molar-refractivity contribution is 6.31. The van der Waals surface area contributed by atoms with Gasteiger partial charge in [0.05, 0.1) is 5.02 Å². The van der Waals surface area contributed by atoms with Crippen LogP contribution in [0.2, 0.25) is 5.02 Å². The Hall–Kier alpha value is -1.21. The number of nitrogen functional groups attached to an aromatic ring is 1. The molecule has 0 atom stereocenters. The largest absolute Gasteiger partial charge is 0.574 e. The fraction of sp³-hybridized carbons (Fsp3) is 0.286. The van der Waals surface area contributed by atoms with Crippen molar-refractivity contribution in [2.45, 2.75) is 12.9 Å². The Morgan fingerprint density at radius 3 is 2.53 bits per heavy atom. The normalized spacial score (nSPS) is 11.5. The third-order valence-corrected chi connectivity index (χ3v) is 1.88. The molecular formula is C7H7ClF3N3O. The molecular weight excluding hydrogens is 235 g/mol. The molecule has 0 radical (unpaired) electrons. The van der Waals surface area contributed by atoms with Gasteiger partial charge in [0.15, 0.2) is 0 Å². The smallest absolute Gasteiger partial charge is 0.394 e. The van der Waals surface area contributed by atoms with Crippen LogP contribution in [0.1, 0.15) is 5.56 Å². The molecule has 8 heteroatoms. The third-order valence-electron chi connectivity index (χ3n) is 1.56. The summed E-state index contributed by atoms with van der Waals surface area (Å²) in [4.78, 5) is 3.32. The van der Waals surface area contributed by atoms with Crippen molar-refractivity contribution < 1.29 is 17.9 Å². The SMILES string of the molecule is NCc1c(Cl)cnc(OC(F)(F)F)c1N. The molecule has 0 amide bonds. The number of nitrogens with zero attached hydrogens (tertiary/aromatic N) is 1. The Labute approximate surface area is 88.0 Å². The van der Waals surface area contributed by atoms with Crippen LogP contribution in [0.3, 0.4) is 0 Å². The van der Waals surface area contributed by atoms with Gasteiger partial charge in [0.2, 0.25) is 5.88 Å². The molecule has 84 valence electrons. The summed E-state index contributed by atoms with van der Waals surface area (Å²) in [6, 6.07) is 0. The lowest BCUT2D eigenvalue weighted by molar-refractivity contribution is -0.275. The number of rotatable bonds is 2. The van der Waals surface area contributed by atoms with Gasteiger partial charge < -0.3 is 16.2 Å². The van der Waals surface area contributed by atoms with Crippen LogP contribution in [0.25, 0.3) is 0 Å². The minimum absolute atomic E-state index is 0.0958. The van der Waals surface area contributed by atoms with E-state index in [1.807, 2.05) is 0 Å². The van der Waals surface area contributed by atoms with Crippen LogP contribution in [0.5, 0.6) is 5.88 Å². The van der Waals surface area contributed by atoms with Gasteiger partial charge in [-0.05, 0) is 0 Å². The summed E-state index contributed by atoms with van der Waals surface area (Å²) in [5.74, 6) is -0.743. The Balaban J connectivity index is 3.11. The molecule has 0 aromatic carbocycles. The van der Waals surface area contributed by atoms with Gasteiger partial charge >= 0.3 is 6.36 Å². The van der Waals surface area contributed by atoms with E-state index in [0.717, 1.165) is 6.20 Å². The van der Waals surface area contributed by atoms with Crippen molar-refractivity contribution in [1.82, 2.24) is 4.98 Å². The second-order valence-corrected chi connectivity index (χ2v) is 2.96. The third kappa shape index (κ3) is 2.87. The number of nitrogens with two attached hydrogens (primary N) is 2. The molecule has 0 saturated carbocycles. The van der Waals surface area contributed by atoms with Gasteiger partial charge in [-0.25, -0.2) is 4.98 Å². The lowest BCUT2D eigenvalue weighted by atomic mass is 10.2. The summed E-state index contributed by atoms with van der Waals surface area (Å²) in [7, 11) is 0. The van der Waals surface area contributed by atoms with Gasteiger partial charge in [-0.1, -0.05) is 11.6 Å². The van der Waals surface area contributed by atoms with Crippen LogP contribution in [0.4, 0.5) is 18.9 Å². The molecule has 4 N–H and O–H groups in total. The van der Waals surface area contributed by atoms with E-state index < -0.39 is 12.2 Å². The van der Waals surface area contributed by atoms with E-state index >= 15 is 0 Å². The topological polar surface area (TPSA) is 74.2 Å². The maximum atomic E-state index is 11.9. The lowest BCUT2D eigenvalue weighted by Crippen LogP contribution is -2.19. The molecule has 0 aliphatic heterocycles. The van der Waals surface area contributed by atoms with Gasteiger partial charge in [-0.15, -0.1) is 13.2 Å². The fourth-order valence-electron chi connectivity index (χ4n) is 0.919. The molecule has 4 nitrogen and oxygen atoms in total. The van der Waals surface area contributed by atoms with Crippen LogP contribution in [0, 0.1) is 0 Å². The Kier molecular flexibility index (Phi) is 3.25. The molecule has 1 rings (SSSR count). The summed E-state index contributed by atoms with van der Waals surface area (Å²) in [5.41, 5.74) is 10.5. The number of anilines is 1. The molecule has 0 aliphatic rings. The fourth-order valence-corrected chi connectivity index (χ4v) is 1.15. The number of hydrogen-bond donors (Lipinski definition) is 2. The van der Waals surface area contributed by atoms with Crippen molar-refractivity contribution in [2.75, 3.05) is 5.73 Å². The van der Waals surface area contributed by atoms with Crippen molar-refractivity contribution in [3.8, 4) is 5.88 Å². The molecule has 1 aromatic heterocycles. The molecule has 0 saturated heterocycles. The molecule has 0 bridgehead atoms. The average Bonchev–Trinajstić information content (AvgIpc) is 2.09. The number of ether oxygens (including phenoxy) is 1. The average molecular weight is 242 g/mol. The number of halogens is 4. The number of pyridine rings is 1.